The van der Waals surface area contributed by atoms with Gasteiger partial charge in [0, 0.05) is 5.56 Å². The lowest BCUT2D eigenvalue weighted by Crippen LogP contribution is -2.54. The van der Waals surface area contributed by atoms with Gasteiger partial charge in [-0.2, -0.15) is 0 Å². The molecule has 0 fully saturated rings. The highest BCUT2D eigenvalue weighted by atomic mass is 32.3. The molecule has 0 saturated heterocycles. The normalized spacial score (nSPS) is 13.9. The van der Waals surface area contributed by atoms with Gasteiger partial charge in [0.25, 0.3) is 20.0 Å². The van der Waals surface area contributed by atoms with E-state index in [0.29, 0.717) is 0 Å². The summed E-state index contributed by atoms with van der Waals surface area (Å²) < 4.78 is 88.9. The Morgan fingerprint density at radius 1 is 0.818 bits per heavy atom. The summed E-state index contributed by atoms with van der Waals surface area (Å²) in [5, 5.41) is 0. The largest absolute Gasteiger partial charge is 0.462 e. The maximum atomic E-state index is 16.8. The van der Waals surface area contributed by atoms with Gasteiger partial charge in [-0.1, -0.05) is 48.5 Å². The number of hydrogen-bond donors (Lipinski definition) is 0. The monoisotopic (exact) mass is 495 g/mol. The van der Waals surface area contributed by atoms with E-state index in [4.69, 9.17) is 4.74 Å². The molecule has 174 valence electrons. The van der Waals surface area contributed by atoms with E-state index in [-0.39, 0.29) is 6.61 Å². The van der Waals surface area contributed by atoms with Crippen molar-refractivity contribution in [3.63, 3.8) is 0 Å². The zero-order chi connectivity index (χ0) is 24.3. The molecule has 0 N–H and O–H groups in total. The number of alkyl halides is 1. The van der Waals surface area contributed by atoms with Crippen LogP contribution in [0.5, 0.6) is 0 Å². The number of nitrogens with zero attached hydrogens (tertiary/aromatic N) is 1. The molecule has 3 rings (SSSR count). The predicted octanol–water partition coefficient (Wildman–Crippen LogP) is 3.59. The summed E-state index contributed by atoms with van der Waals surface area (Å²) in [4.78, 5) is 11.7. The fourth-order valence-electron chi connectivity index (χ4n) is 3.03. The zero-order valence-electron chi connectivity index (χ0n) is 17.3. The fourth-order valence-corrected chi connectivity index (χ4v) is 6.99. The first-order chi connectivity index (χ1) is 15.6. The number of carbonyl (C=O) groups excluding carboxylic acids is 1. The van der Waals surface area contributed by atoms with Crippen molar-refractivity contribution in [2.75, 3.05) is 6.61 Å². The summed E-state index contributed by atoms with van der Waals surface area (Å²) >= 11 is 0. The molecule has 0 spiro atoms. The van der Waals surface area contributed by atoms with Gasteiger partial charge in [-0.15, -0.1) is 0 Å². The van der Waals surface area contributed by atoms with Crippen LogP contribution in [-0.4, -0.2) is 33.1 Å². The predicted molar refractivity (Wildman–Crippen MR) is 115 cm³/mol. The van der Waals surface area contributed by atoms with Crippen LogP contribution < -0.4 is 0 Å². The molecule has 0 aliphatic heterocycles. The number of halogens is 2. The van der Waals surface area contributed by atoms with Gasteiger partial charge in [-0.25, -0.2) is 30.4 Å². The first kappa shape index (κ1) is 24.5. The van der Waals surface area contributed by atoms with Crippen molar-refractivity contribution in [1.82, 2.24) is 3.71 Å². The Balaban J connectivity index is 2.42. The Labute approximate surface area is 190 Å². The zero-order valence-corrected chi connectivity index (χ0v) is 18.9. The van der Waals surface area contributed by atoms with Gasteiger partial charge in [0.15, 0.2) is 0 Å². The Hall–Kier alpha value is -3.15. The van der Waals surface area contributed by atoms with Crippen LogP contribution in [0.25, 0.3) is 0 Å². The topological polar surface area (TPSA) is 97.8 Å². The molecule has 11 heteroatoms. The van der Waals surface area contributed by atoms with E-state index < -0.39 is 56.7 Å². The van der Waals surface area contributed by atoms with E-state index in [0.717, 1.165) is 48.5 Å². The minimum Gasteiger partial charge on any atom is -0.462 e. The van der Waals surface area contributed by atoms with Gasteiger partial charge < -0.3 is 4.74 Å². The molecular weight excluding hydrogens is 476 g/mol. The van der Waals surface area contributed by atoms with Crippen LogP contribution in [0.4, 0.5) is 8.78 Å². The average Bonchev–Trinajstić information content (AvgIpc) is 2.80. The lowest BCUT2D eigenvalue weighted by atomic mass is 10.1. The number of sulfonamides is 2. The molecule has 0 amide bonds. The smallest absolute Gasteiger partial charge is 0.366 e. The molecule has 7 nitrogen and oxygen atoms in total. The quantitative estimate of drug-likeness (QED) is 0.350. The number of carbonyl (C=O) groups is 1. The Morgan fingerprint density at radius 3 is 1.64 bits per heavy atom. The van der Waals surface area contributed by atoms with Crippen molar-refractivity contribution in [1.29, 1.82) is 0 Å². The van der Waals surface area contributed by atoms with Gasteiger partial charge >= 0.3 is 11.8 Å². The number of esters is 1. The molecule has 0 radical (unpaired) electrons. The third kappa shape index (κ3) is 4.52. The van der Waals surface area contributed by atoms with Crippen LogP contribution >= 0.6 is 0 Å². The molecule has 1 atom stereocenters. The third-order valence-electron chi connectivity index (χ3n) is 4.54. The molecule has 0 bridgehead atoms. The molecular formula is C22H19F2NO6S2. The summed E-state index contributed by atoms with van der Waals surface area (Å²) in [5.74, 6) is -6.49. The van der Waals surface area contributed by atoms with Crippen LogP contribution in [-0.2, 0) is 35.4 Å². The Bertz CT molecular complexity index is 1260. The molecule has 0 heterocycles. The lowest BCUT2D eigenvalue weighted by Gasteiger charge is -2.33. The first-order valence-corrected chi connectivity index (χ1v) is 12.5. The summed E-state index contributed by atoms with van der Waals surface area (Å²) in [6.45, 7) is 0.959. The van der Waals surface area contributed by atoms with Crippen molar-refractivity contribution in [3.8, 4) is 0 Å². The van der Waals surface area contributed by atoms with E-state index in [1.54, 1.807) is 0 Å². The summed E-state index contributed by atoms with van der Waals surface area (Å²) in [7, 11) is -10.4. The molecule has 0 aliphatic rings. The standard InChI is InChI=1S/C22H19F2NO6S2/c1-2-31-21(26)22(24,17-13-15-18(23)16-14-17)25(32(27,28)19-9-5-3-6-10-19)33(29,30)20-11-7-4-8-12-20/h3-16H,2H2,1H3. The van der Waals surface area contributed by atoms with E-state index in [2.05, 4.69) is 0 Å². The van der Waals surface area contributed by atoms with Gasteiger partial charge in [-0.3, -0.25) is 0 Å². The maximum Gasteiger partial charge on any atom is 0.366 e. The second-order valence-electron chi connectivity index (χ2n) is 6.68. The lowest BCUT2D eigenvalue weighted by molar-refractivity contribution is -0.164. The van der Waals surface area contributed by atoms with Crippen LogP contribution in [0.15, 0.2) is 94.7 Å². The van der Waals surface area contributed by atoms with Crippen LogP contribution in [0.1, 0.15) is 12.5 Å². The first-order valence-electron chi connectivity index (χ1n) is 9.59. The fraction of sp³-hybridized carbons (Fsp3) is 0.136. The molecule has 3 aromatic rings. The molecule has 0 aliphatic carbocycles. The van der Waals surface area contributed by atoms with Gasteiger partial charge in [-0.05, 0) is 47.0 Å². The number of ether oxygens (including phenoxy) is 1. The van der Waals surface area contributed by atoms with Gasteiger partial charge in [0.05, 0.1) is 16.4 Å². The minimum absolute atomic E-state index is 0.379. The van der Waals surface area contributed by atoms with E-state index >= 15 is 4.39 Å². The summed E-state index contributed by atoms with van der Waals surface area (Å²) in [6.07, 6.45) is 0. The van der Waals surface area contributed by atoms with Crippen molar-refractivity contribution < 1.29 is 35.1 Å². The van der Waals surface area contributed by atoms with Crippen LogP contribution in [0, 0.1) is 5.82 Å². The highest BCUT2D eigenvalue weighted by molar-refractivity contribution is 8.04. The highest BCUT2D eigenvalue weighted by Crippen LogP contribution is 2.41. The van der Waals surface area contributed by atoms with Crippen molar-refractivity contribution in [2.24, 2.45) is 0 Å². The summed E-state index contributed by atoms with van der Waals surface area (Å²) in [5.41, 5.74) is -0.749. The maximum absolute atomic E-state index is 16.8. The van der Waals surface area contributed by atoms with Gasteiger partial charge in [0.1, 0.15) is 5.82 Å². The van der Waals surface area contributed by atoms with E-state index in [1.165, 1.54) is 43.3 Å². The molecule has 1 unspecified atom stereocenters. The second kappa shape index (κ2) is 9.38. The van der Waals surface area contributed by atoms with Crippen molar-refractivity contribution >= 4 is 26.0 Å². The molecule has 0 saturated carbocycles. The Morgan fingerprint density at radius 2 is 1.24 bits per heavy atom. The third-order valence-corrected chi connectivity index (χ3v) is 8.83. The number of benzene rings is 3. The van der Waals surface area contributed by atoms with E-state index in [9.17, 15) is 26.0 Å². The van der Waals surface area contributed by atoms with Crippen molar-refractivity contribution in [3.05, 3.63) is 96.3 Å². The average molecular weight is 496 g/mol. The number of hydrogen-bond acceptors (Lipinski definition) is 6. The molecule has 33 heavy (non-hydrogen) atoms. The van der Waals surface area contributed by atoms with E-state index in [1.807, 2.05) is 0 Å². The molecule has 0 aromatic heterocycles. The van der Waals surface area contributed by atoms with Gasteiger partial charge in [0.2, 0.25) is 0 Å². The second-order valence-corrected chi connectivity index (χ2v) is 10.5. The number of rotatable bonds is 8. The van der Waals surface area contributed by atoms with Crippen molar-refractivity contribution in [2.45, 2.75) is 22.5 Å². The minimum atomic E-state index is -5.21. The Kier molecular flexibility index (Phi) is 6.96. The summed E-state index contributed by atoms with van der Waals surface area (Å²) in [6, 6.07) is 15.5. The van der Waals surface area contributed by atoms with Crippen LogP contribution in [0.2, 0.25) is 0 Å². The highest BCUT2D eigenvalue weighted by Gasteiger charge is 2.60. The molecule has 3 aromatic carbocycles. The SMILES string of the molecule is CCOC(=O)C(F)(c1ccc(F)cc1)N(S(=O)(=O)c1ccccc1)S(=O)(=O)c1ccccc1. The van der Waals surface area contributed by atoms with Crippen LogP contribution in [0.3, 0.4) is 0 Å².